The Hall–Kier alpha value is -1.85. The third-order valence-corrected chi connectivity index (χ3v) is 5.76. The van der Waals surface area contributed by atoms with Gasteiger partial charge in [0.25, 0.3) is 0 Å². The molecule has 0 bridgehead atoms. The maximum atomic E-state index is 10.7. The lowest BCUT2D eigenvalue weighted by Gasteiger charge is -2.20. The molecular formula is C20H22ClNO3S. The fourth-order valence-electron chi connectivity index (χ4n) is 3.19. The zero-order chi connectivity index (χ0) is 18.4. The van der Waals surface area contributed by atoms with Crippen molar-refractivity contribution >= 4 is 28.9 Å². The van der Waals surface area contributed by atoms with Crippen LogP contribution in [0.1, 0.15) is 42.5 Å². The number of aliphatic carboxylic acids is 1. The molecule has 138 valence electrons. The zero-order valence-electron chi connectivity index (χ0n) is 14.5. The molecule has 1 heterocycles. The van der Waals surface area contributed by atoms with Crippen LogP contribution in [-0.4, -0.2) is 22.7 Å². The van der Waals surface area contributed by atoms with Crippen LogP contribution < -0.4 is 4.74 Å². The van der Waals surface area contributed by atoms with Crippen molar-refractivity contribution in [3.8, 4) is 5.75 Å². The van der Waals surface area contributed by atoms with Crippen LogP contribution in [-0.2, 0) is 17.6 Å². The van der Waals surface area contributed by atoms with Gasteiger partial charge in [0.05, 0.1) is 5.51 Å². The number of nitrogens with zero attached hydrogens (tertiary/aromatic N) is 1. The minimum absolute atomic E-state index is 0.0771. The largest absolute Gasteiger partial charge is 0.489 e. The van der Waals surface area contributed by atoms with E-state index in [0.717, 1.165) is 30.6 Å². The number of carboxylic acid groups (broad SMARTS) is 1. The molecule has 0 aliphatic heterocycles. The van der Waals surface area contributed by atoms with Crippen LogP contribution in [0.5, 0.6) is 5.75 Å². The van der Waals surface area contributed by atoms with Gasteiger partial charge in [-0.1, -0.05) is 23.2 Å². The Morgan fingerprint density at radius 1 is 1.27 bits per heavy atom. The molecule has 2 aromatic rings. The van der Waals surface area contributed by atoms with Crippen molar-refractivity contribution in [3.63, 3.8) is 0 Å². The number of aryl methyl sites for hydroxylation is 1. The summed E-state index contributed by atoms with van der Waals surface area (Å²) in [6, 6.07) is 5.51. The number of halogens is 1. The summed E-state index contributed by atoms with van der Waals surface area (Å²) >= 11 is 7.97. The molecule has 0 amide bonds. The van der Waals surface area contributed by atoms with Gasteiger partial charge in [-0.2, -0.15) is 0 Å². The van der Waals surface area contributed by atoms with E-state index >= 15 is 0 Å². The topological polar surface area (TPSA) is 59.4 Å². The van der Waals surface area contributed by atoms with E-state index in [2.05, 4.69) is 4.98 Å². The summed E-state index contributed by atoms with van der Waals surface area (Å²) in [7, 11) is 0. The van der Waals surface area contributed by atoms with E-state index in [1.165, 1.54) is 28.9 Å². The van der Waals surface area contributed by atoms with Gasteiger partial charge in [0, 0.05) is 28.9 Å². The summed E-state index contributed by atoms with van der Waals surface area (Å²) in [4.78, 5) is 16.2. The number of hydrogen-bond donors (Lipinski definition) is 1. The van der Waals surface area contributed by atoms with Gasteiger partial charge in [0.15, 0.2) is 0 Å². The lowest BCUT2D eigenvalue weighted by molar-refractivity contribution is -0.136. The number of hydrogen-bond acceptors (Lipinski definition) is 4. The van der Waals surface area contributed by atoms with Gasteiger partial charge in [-0.3, -0.25) is 9.78 Å². The molecule has 0 unspecified atom stereocenters. The normalized spacial score (nSPS) is 14.5. The van der Waals surface area contributed by atoms with E-state index in [9.17, 15) is 4.79 Å². The first-order chi connectivity index (χ1) is 12.6. The highest BCUT2D eigenvalue weighted by atomic mass is 35.5. The first-order valence-electron chi connectivity index (χ1n) is 8.82. The average molecular weight is 392 g/mol. The van der Waals surface area contributed by atoms with Crippen molar-refractivity contribution in [3.05, 3.63) is 56.5 Å². The molecule has 0 atom stereocenters. The van der Waals surface area contributed by atoms with E-state index in [4.69, 9.17) is 21.4 Å². The number of carboxylic acids is 1. The summed E-state index contributed by atoms with van der Waals surface area (Å²) < 4.78 is 5.99. The predicted octanol–water partition coefficient (Wildman–Crippen LogP) is 5.31. The SMILES string of the molecule is O=C(O)CCc1ccc(OCC2=C(Cc3cncs3)CCCC2)cc1Cl. The molecule has 1 aromatic carbocycles. The fourth-order valence-corrected chi connectivity index (χ4v) is 4.09. The third-order valence-electron chi connectivity index (χ3n) is 4.62. The van der Waals surface area contributed by atoms with Crippen LogP contribution >= 0.6 is 22.9 Å². The molecule has 1 N–H and O–H groups in total. The van der Waals surface area contributed by atoms with E-state index in [1.807, 2.05) is 23.8 Å². The van der Waals surface area contributed by atoms with Crippen molar-refractivity contribution in [1.29, 1.82) is 0 Å². The molecule has 1 aromatic heterocycles. The minimum atomic E-state index is -0.820. The van der Waals surface area contributed by atoms with Gasteiger partial charge in [0.1, 0.15) is 12.4 Å². The Bertz CT molecular complexity index is 786. The summed E-state index contributed by atoms with van der Waals surface area (Å²) in [6.45, 7) is 0.582. The molecule has 1 aliphatic carbocycles. The summed E-state index contributed by atoms with van der Waals surface area (Å²) in [5, 5.41) is 9.35. The molecule has 1 aliphatic rings. The van der Waals surface area contributed by atoms with Crippen LogP contribution in [0.25, 0.3) is 0 Å². The molecule has 6 heteroatoms. The average Bonchev–Trinajstić information content (AvgIpc) is 3.13. The number of benzene rings is 1. The smallest absolute Gasteiger partial charge is 0.303 e. The van der Waals surface area contributed by atoms with E-state index < -0.39 is 5.97 Å². The maximum Gasteiger partial charge on any atom is 0.303 e. The molecule has 0 radical (unpaired) electrons. The lowest BCUT2D eigenvalue weighted by Crippen LogP contribution is -2.10. The molecule has 26 heavy (non-hydrogen) atoms. The Balaban J connectivity index is 1.63. The highest BCUT2D eigenvalue weighted by Gasteiger charge is 2.15. The van der Waals surface area contributed by atoms with Crippen LogP contribution in [0.4, 0.5) is 0 Å². The highest BCUT2D eigenvalue weighted by Crippen LogP contribution is 2.30. The van der Waals surface area contributed by atoms with Crippen LogP contribution in [0.2, 0.25) is 5.02 Å². The van der Waals surface area contributed by atoms with Gasteiger partial charge < -0.3 is 9.84 Å². The lowest BCUT2D eigenvalue weighted by atomic mass is 9.90. The molecule has 4 nitrogen and oxygen atoms in total. The third kappa shape index (κ3) is 5.32. The van der Waals surface area contributed by atoms with Gasteiger partial charge in [-0.05, 0) is 55.4 Å². The summed E-state index contributed by atoms with van der Waals surface area (Å²) in [6.07, 6.45) is 8.08. The van der Waals surface area contributed by atoms with E-state index in [0.29, 0.717) is 18.1 Å². The number of aromatic nitrogens is 1. The quantitative estimate of drug-likeness (QED) is 0.620. The Morgan fingerprint density at radius 3 is 2.77 bits per heavy atom. The number of allylic oxidation sites excluding steroid dienone is 1. The van der Waals surface area contributed by atoms with Crippen molar-refractivity contribution in [2.75, 3.05) is 6.61 Å². The molecule has 0 fully saturated rings. The number of ether oxygens (including phenoxy) is 1. The van der Waals surface area contributed by atoms with Gasteiger partial charge in [0.2, 0.25) is 0 Å². The second-order valence-electron chi connectivity index (χ2n) is 6.49. The minimum Gasteiger partial charge on any atom is -0.489 e. The van der Waals surface area contributed by atoms with E-state index in [1.54, 1.807) is 17.4 Å². The summed E-state index contributed by atoms with van der Waals surface area (Å²) in [5.74, 6) is -0.0941. The fraction of sp³-hybridized carbons (Fsp3) is 0.400. The number of rotatable bonds is 8. The Kier molecular flexibility index (Phi) is 6.69. The monoisotopic (exact) mass is 391 g/mol. The molecule has 0 spiro atoms. The first kappa shape index (κ1) is 18.9. The van der Waals surface area contributed by atoms with Crippen LogP contribution in [0, 0.1) is 0 Å². The van der Waals surface area contributed by atoms with Crippen molar-refractivity contribution in [2.24, 2.45) is 0 Å². The van der Waals surface area contributed by atoms with Crippen molar-refractivity contribution < 1.29 is 14.6 Å². The predicted molar refractivity (Wildman–Crippen MR) is 104 cm³/mol. The van der Waals surface area contributed by atoms with Crippen molar-refractivity contribution in [1.82, 2.24) is 4.98 Å². The van der Waals surface area contributed by atoms with Gasteiger partial charge in [-0.15, -0.1) is 11.3 Å². The van der Waals surface area contributed by atoms with Crippen LogP contribution in [0.3, 0.4) is 0 Å². The molecule has 0 saturated carbocycles. The number of thiazole rings is 1. The number of carbonyl (C=O) groups is 1. The molecule has 3 rings (SSSR count). The Labute approximate surface area is 162 Å². The molecular weight excluding hydrogens is 370 g/mol. The zero-order valence-corrected chi connectivity index (χ0v) is 16.1. The maximum absolute atomic E-state index is 10.7. The summed E-state index contributed by atoms with van der Waals surface area (Å²) in [5.41, 5.74) is 5.58. The Morgan fingerprint density at radius 2 is 2.08 bits per heavy atom. The first-order valence-corrected chi connectivity index (χ1v) is 10.1. The van der Waals surface area contributed by atoms with Crippen LogP contribution in [0.15, 0.2) is 41.1 Å². The standard InChI is InChI=1S/C20H22ClNO3S/c21-19-10-17(7-5-14(19)6-8-20(23)24)25-12-16-4-2-1-3-15(16)9-18-11-22-13-26-18/h5,7,10-11,13H,1-4,6,8-9,12H2,(H,23,24). The van der Waals surface area contributed by atoms with E-state index in [-0.39, 0.29) is 6.42 Å². The van der Waals surface area contributed by atoms with Crippen molar-refractivity contribution in [2.45, 2.75) is 44.9 Å². The van der Waals surface area contributed by atoms with Gasteiger partial charge in [-0.25, -0.2) is 0 Å². The second-order valence-corrected chi connectivity index (χ2v) is 7.87. The highest BCUT2D eigenvalue weighted by molar-refractivity contribution is 7.09. The van der Waals surface area contributed by atoms with Gasteiger partial charge >= 0.3 is 5.97 Å². The second kappa shape index (κ2) is 9.19. The molecule has 0 saturated heterocycles.